The fraction of sp³-hybridized carbons (Fsp3) is 0.667. The van der Waals surface area contributed by atoms with Crippen LogP contribution in [0, 0.1) is 0 Å². The summed E-state index contributed by atoms with van der Waals surface area (Å²) in [5.41, 5.74) is 2.15. The number of hydrogen-bond acceptors (Lipinski definition) is 2. The van der Waals surface area contributed by atoms with Gasteiger partial charge >= 0.3 is 0 Å². The first-order valence-electron chi connectivity index (χ1n) is 8.20. The maximum Gasteiger partial charge on any atom is 0.0309 e. The molecule has 20 heavy (non-hydrogen) atoms. The Morgan fingerprint density at radius 3 is 2.50 bits per heavy atom. The molecule has 1 aliphatic heterocycles. The van der Waals surface area contributed by atoms with Crippen LogP contribution in [0.4, 0.5) is 0 Å². The van der Waals surface area contributed by atoms with Crippen LogP contribution in [0.3, 0.4) is 0 Å². The van der Waals surface area contributed by atoms with Crippen LogP contribution in [-0.4, -0.2) is 29.1 Å². The molecule has 1 aliphatic carbocycles. The summed E-state index contributed by atoms with van der Waals surface area (Å²) in [4.78, 5) is 2.74. The molecule has 1 spiro atoms. The van der Waals surface area contributed by atoms with Crippen molar-refractivity contribution in [1.82, 2.24) is 10.2 Å². The Morgan fingerprint density at radius 1 is 1.15 bits per heavy atom. The molecule has 0 amide bonds. The van der Waals surface area contributed by atoms with Gasteiger partial charge in [0, 0.05) is 30.7 Å². The number of rotatable bonds is 3. The van der Waals surface area contributed by atoms with Crippen molar-refractivity contribution < 1.29 is 0 Å². The van der Waals surface area contributed by atoms with Gasteiger partial charge in [0.1, 0.15) is 0 Å². The monoisotopic (exact) mass is 272 g/mol. The average Bonchev–Trinajstić information content (AvgIpc) is 2.93. The smallest absolute Gasteiger partial charge is 0.0309 e. The lowest BCUT2D eigenvalue weighted by Gasteiger charge is -2.52. The van der Waals surface area contributed by atoms with Crippen LogP contribution in [0.25, 0.3) is 0 Å². The molecular weight excluding hydrogens is 244 g/mol. The first-order valence-corrected chi connectivity index (χ1v) is 8.20. The molecule has 0 radical (unpaired) electrons. The van der Waals surface area contributed by atoms with Gasteiger partial charge in [-0.25, -0.2) is 0 Å². The van der Waals surface area contributed by atoms with Gasteiger partial charge in [0.05, 0.1) is 0 Å². The van der Waals surface area contributed by atoms with E-state index in [0.717, 1.165) is 13.1 Å². The standard InChI is InChI=1S/C18H28N2/c1-3-17(2)14-19-18(11-7-8-12-18)15-20(17)13-16-9-5-4-6-10-16/h4-6,9-10,19H,3,7-8,11-15H2,1-2H3. The van der Waals surface area contributed by atoms with Crippen LogP contribution < -0.4 is 5.32 Å². The number of nitrogens with one attached hydrogen (secondary N) is 1. The van der Waals surface area contributed by atoms with E-state index in [1.165, 1.54) is 44.2 Å². The maximum atomic E-state index is 3.91. The minimum atomic E-state index is 0.295. The second kappa shape index (κ2) is 5.50. The highest BCUT2D eigenvalue weighted by molar-refractivity contribution is 5.16. The molecule has 2 aliphatic rings. The molecule has 1 heterocycles. The Labute approximate surface area is 123 Å². The average molecular weight is 272 g/mol. The van der Waals surface area contributed by atoms with Crippen LogP contribution in [0.2, 0.25) is 0 Å². The zero-order chi connectivity index (χ0) is 14.1. The van der Waals surface area contributed by atoms with E-state index in [9.17, 15) is 0 Å². The van der Waals surface area contributed by atoms with Crippen molar-refractivity contribution >= 4 is 0 Å². The van der Waals surface area contributed by atoms with Crippen LogP contribution in [0.15, 0.2) is 30.3 Å². The van der Waals surface area contributed by atoms with Gasteiger partial charge in [0.25, 0.3) is 0 Å². The number of piperazine rings is 1. The summed E-state index contributed by atoms with van der Waals surface area (Å²) >= 11 is 0. The van der Waals surface area contributed by atoms with Crippen molar-refractivity contribution in [3.8, 4) is 0 Å². The molecule has 1 saturated heterocycles. The molecular formula is C18H28N2. The summed E-state index contributed by atoms with van der Waals surface area (Å²) in [5.74, 6) is 0. The first kappa shape index (κ1) is 14.1. The van der Waals surface area contributed by atoms with Crippen LogP contribution >= 0.6 is 0 Å². The molecule has 1 atom stereocenters. The molecule has 2 heteroatoms. The lowest BCUT2D eigenvalue weighted by Crippen LogP contribution is -2.67. The van der Waals surface area contributed by atoms with E-state index >= 15 is 0 Å². The first-order chi connectivity index (χ1) is 9.66. The van der Waals surface area contributed by atoms with Crippen molar-refractivity contribution in [1.29, 1.82) is 0 Å². The zero-order valence-corrected chi connectivity index (χ0v) is 13.0. The predicted octanol–water partition coefficient (Wildman–Crippen LogP) is 3.57. The third kappa shape index (κ3) is 2.64. The van der Waals surface area contributed by atoms with Gasteiger partial charge in [-0.2, -0.15) is 0 Å². The third-order valence-electron chi connectivity index (χ3n) is 5.64. The highest BCUT2D eigenvalue weighted by Gasteiger charge is 2.45. The molecule has 1 aromatic carbocycles. The molecule has 1 aromatic rings. The third-order valence-corrected chi connectivity index (χ3v) is 5.64. The molecule has 110 valence electrons. The van der Waals surface area contributed by atoms with E-state index in [-0.39, 0.29) is 0 Å². The molecule has 2 nitrogen and oxygen atoms in total. The molecule has 0 aromatic heterocycles. The molecule has 1 saturated carbocycles. The molecule has 3 rings (SSSR count). The Morgan fingerprint density at radius 2 is 1.85 bits per heavy atom. The molecule has 2 fully saturated rings. The fourth-order valence-electron chi connectivity index (χ4n) is 3.89. The van der Waals surface area contributed by atoms with Crippen LogP contribution in [0.1, 0.15) is 51.5 Å². The Bertz CT molecular complexity index is 436. The van der Waals surface area contributed by atoms with Crippen LogP contribution in [-0.2, 0) is 6.54 Å². The minimum Gasteiger partial charge on any atom is -0.308 e. The van der Waals surface area contributed by atoms with Gasteiger partial charge < -0.3 is 5.32 Å². The van der Waals surface area contributed by atoms with E-state index in [1.54, 1.807) is 0 Å². The molecule has 1 unspecified atom stereocenters. The van der Waals surface area contributed by atoms with Crippen molar-refractivity contribution in [3.63, 3.8) is 0 Å². The van der Waals surface area contributed by atoms with Gasteiger partial charge in [-0.1, -0.05) is 50.1 Å². The number of benzene rings is 1. The Balaban J connectivity index is 1.79. The largest absolute Gasteiger partial charge is 0.308 e. The Hall–Kier alpha value is -0.860. The summed E-state index contributed by atoms with van der Waals surface area (Å²) in [5, 5.41) is 3.91. The van der Waals surface area contributed by atoms with Crippen LogP contribution in [0.5, 0.6) is 0 Å². The van der Waals surface area contributed by atoms with Gasteiger partial charge in [0.15, 0.2) is 0 Å². The van der Waals surface area contributed by atoms with E-state index in [1.807, 2.05) is 0 Å². The molecule has 1 N–H and O–H groups in total. The zero-order valence-electron chi connectivity index (χ0n) is 13.0. The second-order valence-electron chi connectivity index (χ2n) is 7.03. The quantitative estimate of drug-likeness (QED) is 0.905. The highest BCUT2D eigenvalue weighted by Crippen LogP contribution is 2.37. The number of hydrogen-bond donors (Lipinski definition) is 1. The van der Waals surface area contributed by atoms with Gasteiger partial charge in [-0.15, -0.1) is 0 Å². The summed E-state index contributed by atoms with van der Waals surface area (Å²) in [7, 11) is 0. The van der Waals surface area contributed by atoms with E-state index in [2.05, 4.69) is 54.4 Å². The fourth-order valence-corrected chi connectivity index (χ4v) is 3.89. The number of nitrogens with zero attached hydrogens (tertiary/aromatic N) is 1. The highest BCUT2D eigenvalue weighted by atomic mass is 15.3. The lowest BCUT2D eigenvalue weighted by atomic mass is 9.84. The SMILES string of the molecule is CCC1(C)CNC2(CCCC2)CN1Cc1ccccc1. The van der Waals surface area contributed by atoms with E-state index < -0.39 is 0 Å². The van der Waals surface area contributed by atoms with Crippen molar-refractivity contribution in [2.45, 2.75) is 63.6 Å². The topological polar surface area (TPSA) is 15.3 Å². The Kier molecular flexibility index (Phi) is 3.87. The normalized spacial score (nSPS) is 29.9. The van der Waals surface area contributed by atoms with Crippen molar-refractivity contribution in [3.05, 3.63) is 35.9 Å². The summed E-state index contributed by atoms with van der Waals surface area (Å²) < 4.78 is 0. The predicted molar refractivity (Wildman–Crippen MR) is 84.7 cm³/mol. The molecule has 0 bridgehead atoms. The van der Waals surface area contributed by atoms with E-state index in [0.29, 0.717) is 11.1 Å². The lowest BCUT2D eigenvalue weighted by molar-refractivity contribution is 0.00779. The van der Waals surface area contributed by atoms with E-state index in [4.69, 9.17) is 0 Å². The summed E-state index contributed by atoms with van der Waals surface area (Å²) in [6, 6.07) is 11.0. The summed E-state index contributed by atoms with van der Waals surface area (Å²) in [6.45, 7) is 8.19. The second-order valence-corrected chi connectivity index (χ2v) is 7.03. The minimum absolute atomic E-state index is 0.295. The maximum absolute atomic E-state index is 3.91. The van der Waals surface area contributed by atoms with Crippen molar-refractivity contribution in [2.75, 3.05) is 13.1 Å². The van der Waals surface area contributed by atoms with Gasteiger partial charge in [0.2, 0.25) is 0 Å². The van der Waals surface area contributed by atoms with Gasteiger partial charge in [-0.3, -0.25) is 4.90 Å². The van der Waals surface area contributed by atoms with Gasteiger partial charge in [-0.05, 0) is 31.7 Å². The van der Waals surface area contributed by atoms with Crippen molar-refractivity contribution in [2.24, 2.45) is 0 Å². The summed E-state index contributed by atoms with van der Waals surface area (Å²) in [6.07, 6.45) is 6.73.